The maximum atomic E-state index is 13.3. The molecule has 0 aromatic heterocycles. The standard InChI is InChI=1S/C45H72O9/c1-28(14-12-15-29(2)25-40(49)41(50)27-38(11)47)20-31(4)24-36(9)45(52)54-42-16-13-17-44(51)53-43(19-18-30(3)21-34(42)7)35(8)23-32(5)22-33(6)39(48)26-37(10)46/h12,14-15,18,20,22,24-25,33-35,37-43,46-50H,13,16-17,19,21,23,26-27H2,1-11H3/b15-12+,28-14+,29-25+,30-18+,31-20+,32-22+,36-24+/t33-,34+,35+,37-,38?,39-,40?,41?,42+,43-/m1/s1. The Morgan fingerprint density at radius 1 is 0.907 bits per heavy atom. The third-order valence-electron chi connectivity index (χ3n) is 9.75. The van der Waals surface area contributed by atoms with E-state index in [9.17, 15) is 35.1 Å². The van der Waals surface area contributed by atoms with Crippen LogP contribution in [0, 0.1) is 17.8 Å². The van der Waals surface area contributed by atoms with E-state index in [0.29, 0.717) is 31.3 Å². The third-order valence-corrected chi connectivity index (χ3v) is 9.75. The van der Waals surface area contributed by atoms with Crippen LogP contribution in [-0.4, -0.2) is 80.2 Å². The fraction of sp³-hybridized carbons (Fsp3) is 0.644. The lowest BCUT2D eigenvalue weighted by Crippen LogP contribution is -2.28. The second-order valence-electron chi connectivity index (χ2n) is 16.1. The van der Waals surface area contributed by atoms with E-state index in [1.165, 1.54) is 0 Å². The largest absolute Gasteiger partial charge is 0.462 e. The van der Waals surface area contributed by atoms with E-state index in [1.807, 2.05) is 65.0 Å². The molecule has 1 aliphatic rings. The Morgan fingerprint density at radius 2 is 1.54 bits per heavy atom. The van der Waals surface area contributed by atoms with Gasteiger partial charge in [-0.3, -0.25) is 4.79 Å². The first-order chi connectivity index (χ1) is 25.2. The molecule has 0 spiro atoms. The summed E-state index contributed by atoms with van der Waals surface area (Å²) in [6.07, 6.45) is 14.2. The summed E-state index contributed by atoms with van der Waals surface area (Å²) >= 11 is 0. The lowest BCUT2D eigenvalue weighted by atomic mass is 9.89. The van der Waals surface area contributed by atoms with Gasteiger partial charge < -0.3 is 35.0 Å². The Balaban J connectivity index is 2.94. The van der Waals surface area contributed by atoms with Gasteiger partial charge in [-0.1, -0.05) is 91.2 Å². The van der Waals surface area contributed by atoms with Crippen molar-refractivity contribution in [3.8, 4) is 0 Å². The van der Waals surface area contributed by atoms with Gasteiger partial charge in [0, 0.05) is 30.8 Å². The van der Waals surface area contributed by atoms with Crippen LogP contribution in [0.2, 0.25) is 0 Å². The van der Waals surface area contributed by atoms with Crippen LogP contribution in [0.1, 0.15) is 128 Å². The maximum absolute atomic E-state index is 13.3. The first-order valence-electron chi connectivity index (χ1n) is 19.7. The number of carbonyl (C=O) groups is 2. The predicted molar refractivity (Wildman–Crippen MR) is 217 cm³/mol. The molecule has 0 aromatic carbocycles. The van der Waals surface area contributed by atoms with Crippen LogP contribution < -0.4 is 0 Å². The van der Waals surface area contributed by atoms with Gasteiger partial charge in [0.15, 0.2) is 0 Å². The van der Waals surface area contributed by atoms with Crippen molar-refractivity contribution in [2.75, 3.05) is 0 Å². The second-order valence-corrected chi connectivity index (χ2v) is 16.1. The van der Waals surface area contributed by atoms with Gasteiger partial charge in [-0.05, 0) is 105 Å². The summed E-state index contributed by atoms with van der Waals surface area (Å²) in [6, 6.07) is 0. The van der Waals surface area contributed by atoms with Crippen LogP contribution in [0.4, 0.5) is 0 Å². The van der Waals surface area contributed by atoms with Crippen molar-refractivity contribution in [2.45, 2.75) is 170 Å². The number of aliphatic hydroxyl groups is 5. The molecule has 1 heterocycles. The van der Waals surface area contributed by atoms with Gasteiger partial charge in [-0.25, -0.2) is 4.79 Å². The van der Waals surface area contributed by atoms with Gasteiger partial charge >= 0.3 is 11.9 Å². The molecule has 9 nitrogen and oxygen atoms in total. The fourth-order valence-corrected chi connectivity index (χ4v) is 6.76. The number of hydrogen-bond acceptors (Lipinski definition) is 9. The predicted octanol–water partition coefficient (Wildman–Crippen LogP) is 7.93. The fourth-order valence-electron chi connectivity index (χ4n) is 6.76. The van der Waals surface area contributed by atoms with Crippen LogP contribution in [0.3, 0.4) is 0 Å². The molecule has 0 radical (unpaired) electrons. The zero-order chi connectivity index (χ0) is 41.1. The van der Waals surface area contributed by atoms with Gasteiger partial charge in [0.1, 0.15) is 12.2 Å². The lowest BCUT2D eigenvalue weighted by Gasteiger charge is -2.27. The topological polar surface area (TPSA) is 154 Å². The van der Waals surface area contributed by atoms with Crippen molar-refractivity contribution in [3.63, 3.8) is 0 Å². The van der Waals surface area contributed by atoms with Gasteiger partial charge in [0.25, 0.3) is 0 Å². The number of aliphatic hydroxyl groups excluding tert-OH is 5. The number of carbonyl (C=O) groups excluding carboxylic acids is 2. The molecule has 0 saturated carbocycles. The number of allylic oxidation sites excluding steroid dienone is 10. The molecule has 0 aliphatic carbocycles. The smallest absolute Gasteiger partial charge is 0.334 e. The molecule has 10 atom stereocenters. The minimum Gasteiger partial charge on any atom is -0.462 e. The quantitative estimate of drug-likeness (QED) is 0.0431. The zero-order valence-electron chi connectivity index (χ0n) is 34.9. The number of esters is 2. The highest BCUT2D eigenvalue weighted by Crippen LogP contribution is 2.28. The number of cyclic esters (lactones) is 1. The van der Waals surface area contributed by atoms with E-state index in [-0.39, 0.29) is 54.7 Å². The molecule has 0 bridgehead atoms. The minimum atomic E-state index is -1.07. The summed E-state index contributed by atoms with van der Waals surface area (Å²) in [5.41, 5.74) is 5.34. The normalized spacial score (nSPS) is 25.6. The van der Waals surface area contributed by atoms with Crippen molar-refractivity contribution in [1.29, 1.82) is 0 Å². The molecule has 3 unspecified atom stereocenters. The Labute approximate surface area is 325 Å². The van der Waals surface area contributed by atoms with E-state index < -0.39 is 30.5 Å². The monoisotopic (exact) mass is 757 g/mol. The van der Waals surface area contributed by atoms with E-state index in [0.717, 1.165) is 40.7 Å². The van der Waals surface area contributed by atoms with Crippen molar-refractivity contribution in [2.24, 2.45) is 17.8 Å². The Kier molecular flexibility index (Phi) is 22.8. The summed E-state index contributed by atoms with van der Waals surface area (Å²) in [5, 5.41) is 49.5. The van der Waals surface area contributed by atoms with Gasteiger partial charge in [-0.2, -0.15) is 0 Å². The summed E-state index contributed by atoms with van der Waals surface area (Å²) in [7, 11) is 0. The zero-order valence-corrected chi connectivity index (χ0v) is 34.9. The van der Waals surface area contributed by atoms with E-state index in [4.69, 9.17) is 9.47 Å². The molecule has 1 rings (SSSR count). The van der Waals surface area contributed by atoms with Crippen LogP contribution in [0.15, 0.2) is 82.0 Å². The number of ether oxygens (including phenoxy) is 2. The summed E-state index contributed by atoms with van der Waals surface area (Å²) in [6.45, 7) is 20.9. The highest BCUT2D eigenvalue weighted by atomic mass is 16.5. The Bertz CT molecular complexity index is 1390. The average molecular weight is 757 g/mol. The molecular formula is C45H72O9. The van der Waals surface area contributed by atoms with Crippen LogP contribution >= 0.6 is 0 Å². The first kappa shape index (κ1) is 48.9. The van der Waals surface area contributed by atoms with Crippen LogP contribution in [0.5, 0.6) is 0 Å². The van der Waals surface area contributed by atoms with E-state index in [1.54, 1.807) is 32.9 Å². The highest BCUT2D eigenvalue weighted by Gasteiger charge is 2.26. The third kappa shape index (κ3) is 20.6. The maximum Gasteiger partial charge on any atom is 0.334 e. The Morgan fingerprint density at radius 3 is 2.17 bits per heavy atom. The van der Waals surface area contributed by atoms with Crippen molar-refractivity contribution in [3.05, 3.63) is 82.0 Å². The molecule has 306 valence electrons. The van der Waals surface area contributed by atoms with Crippen molar-refractivity contribution >= 4 is 11.9 Å². The molecule has 54 heavy (non-hydrogen) atoms. The van der Waals surface area contributed by atoms with Crippen molar-refractivity contribution < 1.29 is 44.6 Å². The molecule has 5 N–H and O–H groups in total. The van der Waals surface area contributed by atoms with Gasteiger partial charge in [0.2, 0.25) is 0 Å². The molecular weight excluding hydrogens is 684 g/mol. The SMILES string of the molecule is CC(=C\C=C\C(C)=C\C(O)C(O)CC(C)O)/C=C(C)/C=C(\C)C(=O)O[C@H]1CCCC(=O)O[C@@H]([C@@H](C)C/C(C)=C/[C@@H](C)[C@H](O)C[C@@H](C)O)C/C=C(\C)C[C@@H]1C. The van der Waals surface area contributed by atoms with Crippen LogP contribution in [-0.2, 0) is 19.1 Å². The first-order valence-corrected chi connectivity index (χ1v) is 19.7. The highest BCUT2D eigenvalue weighted by molar-refractivity contribution is 5.88. The minimum absolute atomic E-state index is 0.0535. The number of rotatable bonds is 17. The molecule has 0 saturated heterocycles. The van der Waals surface area contributed by atoms with Gasteiger partial charge in [0.05, 0.1) is 30.5 Å². The molecule has 0 amide bonds. The molecule has 0 aromatic rings. The molecule has 0 fully saturated rings. The van der Waals surface area contributed by atoms with Gasteiger partial charge in [-0.15, -0.1) is 0 Å². The summed E-state index contributed by atoms with van der Waals surface area (Å²) in [4.78, 5) is 26.3. The average Bonchev–Trinajstić information content (AvgIpc) is 3.04. The Hall–Kier alpha value is -3.08. The summed E-state index contributed by atoms with van der Waals surface area (Å²) < 4.78 is 12.1. The van der Waals surface area contributed by atoms with Crippen LogP contribution in [0.25, 0.3) is 0 Å². The van der Waals surface area contributed by atoms with Crippen molar-refractivity contribution in [1.82, 2.24) is 0 Å². The summed E-state index contributed by atoms with van der Waals surface area (Å²) in [5.74, 6) is -0.620. The second kappa shape index (κ2) is 25.2. The molecule has 1 aliphatic heterocycles. The lowest BCUT2D eigenvalue weighted by molar-refractivity contribution is -0.152. The number of hydrogen-bond donors (Lipinski definition) is 5. The molecule has 9 heteroatoms. The van der Waals surface area contributed by atoms with E-state index in [2.05, 4.69) is 26.8 Å². The van der Waals surface area contributed by atoms with E-state index >= 15 is 0 Å².